The number of aromatic nitrogens is 1. The molecule has 1 aliphatic heterocycles. The number of fused-ring (bicyclic) bond motifs is 3. The van der Waals surface area contributed by atoms with Gasteiger partial charge in [0, 0.05) is 46.4 Å². The zero-order chi connectivity index (χ0) is 23.3. The van der Waals surface area contributed by atoms with Crippen molar-refractivity contribution in [2.45, 2.75) is 64.8 Å². The first-order valence-corrected chi connectivity index (χ1v) is 11.7. The molecule has 2 aromatic carbocycles. The summed E-state index contributed by atoms with van der Waals surface area (Å²) >= 11 is 0. The van der Waals surface area contributed by atoms with E-state index in [-0.39, 0.29) is 22.2 Å². The van der Waals surface area contributed by atoms with Crippen molar-refractivity contribution in [1.82, 2.24) is 4.57 Å². The summed E-state index contributed by atoms with van der Waals surface area (Å²) in [5, 5.41) is 3.77. The van der Waals surface area contributed by atoms with Gasteiger partial charge in [0.05, 0.1) is 5.52 Å². The largest absolute Gasteiger partial charge is 0.382 e. The van der Waals surface area contributed by atoms with E-state index in [1.165, 1.54) is 17.1 Å². The van der Waals surface area contributed by atoms with Crippen LogP contribution in [0.5, 0.6) is 0 Å². The predicted octanol–water partition coefficient (Wildman–Crippen LogP) is 6.76. The molecule has 33 heavy (non-hydrogen) atoms. The number of carbonyl (C=O) groups excluding carboxylic acids is 2. The predicted molar refractivity (Wildman–Crippen MR) is 126 cm³/mol. The van der Waals surface area contributed by atoms with Crippen molar-refractivity contribution in [2.75, 3.05) is 5.32 Å². The third kappa shape index (κ3) is 3.85. The second-order valence-electron chi connectivity index (χ2n) is 10.2. The molecule has 3 aromatic rings. The molecule has 0 atom stereocenters. The van der Waals surface area contributed by atoms with Crippen molar-refractivity contribution in [3.05, 3.63) is 53.2 Å². The van der Waals surface area contributed by atoms with E-state index in [1.54, 1.807) is 12.1 Å². The number of halogens is 2. The van der Waals surface area contributed by atoms with Crippen molar-refractivity contribution in [3.8, 4) is 11.1 Å². The molecular formula is C27H28F2N2O2. The van der Waals surface area contributed by atoms with Gasteiger partial charge < -0.3 is 5.32 Å². The van der Waals surface area contributed by atoms with Gasteiger partial charge in [0.15, 0.2) is 6.29 Å². The van der Waals surface area contributed by atoms with E-state index in [1.807, 2.05) is 19.9 Å². The molecule has 1 fully saturated rings. The van der Waals surface area contributed by atoms with Gasteiger partial charge >= 0.3 is 0 Å². The van der Waals surface area contributed by atoms with Gasteiger partial charge in [-0.3, -0.25) is 14.2 Å². The summed E-state index contributed by atoms with van der Waals surface area (Å²) in [6, 6.07) is 7.81. The van der Waals surface area contributed by atoms with Crippen LogP contribution in [0.25, 0.3) is 22.0 Å². The second kappa shape index (κ2) is 8.08. The maximum absolute atomic E-state index is 15.2. The van der Waals surface area contributed by atoms with Crippen molar-refractivity contribution >= 4 is 28.8 Å². The van der Waals surface area contributed by atoms with Crippen molar-refractivity contribution < 1.29 is 18.4 Å². The number of aldehydes is 1. The van der Waals surface area contributed by atoms with Crippen LogP contribution >= 0.6 is 0 Å². The number of rotatable bonds is 4. The Hall–Kier alpha value is -3.02. The molecule has 1 saturated carbocycles. The first-order valence-electron chi connectivity index (χ1n) is 11.7. The second-order valence-corrected chi connectivity index (χ2v) is 10.2. The molecule has 0 amide bonds. The number of hydrogen-bond donors (Lipinski definition) is 1. The minimum atomic E-state index is -0.708. The molecule has 1 aliphatic carbocycles. The fourth-order valence-corrected chi connectivity index (χ4v) is 5.56. The summed E-state index contributed by atoms with van der Waals surface area (Å²) in [7, 11) is 0. The Labute approximate surface area is 192 Å². The Morgan fingerprint density at radius 3 is 2.55 bits per heavy atom. The lowest BCUT2D eigenvalue weighted by molar-refractivity contribution is 0.0816. The first kappa shape index (κ1) is 21.8. The van der Waals surface area contributed by atoms with Gasteiger partial charge in [-0.25, -0.2) is 8.78 Å². The Balaban J connectivity index is 1.72. The lowest BCUT2D eigenvalue weighted by Crippen LogP contribution is -2.31. The topological polar surface area (TPSA) is 51.1 Å². The van der Waals surface area contributed by atoms with Gasteiger partial charge in [-0.15, -0.1) is 0 Å². The van der Waals surface area contributed by atoms with Crippen LogP contribution < -0.4 is 5.32 Å². The number of carbonyl (C=O) groups is 2. The molecule has 1 N–H and O–H groups in total. The number of benzene rings is 2. The third-order valence-electron chi connectivity index (χ3n) is 7.04. The number of nitrogens with zero attached hydrogens (tertiary/aromatic N) is 1. The van der Waals surface area contributed by atoms with Crippen LogP contribution in [0.15, 0.2) is 30.3 Å². The van der Waals surface area contributed by atoms with E-state index in [4.69, 9.17) is 0 Å². The molecule has 1 aromatic heterocycles. The van der Waals surface area contributed by atoms with E-state index >= 15 is 4.39 Å². The highest BCUT2D eigenvalue weighted by molar-refractivity contribution is 6.05. The van der Waals surface area contributed by atoms with E-state index < -0.39 is 11.6 Å². The van der Waals surface area contributed by atoms with Gasteiger partial charge in [-0.2, -0.15) is 0 Å². The molecule has 2 aliphatic rings. The highest BCUT2D eigenvalue weighted by atomic mass is 19.1. The van der Waals surface area contributed by atoms with Gasteiger partial charge in [-0.1, -0.05) is 39.2 Å². The average molecular weight is 451 g/mol. The molecule has 0 saturated heterocycles. The quantitative estimate of drug-likeness (QED) is 0.447. The average Bonchev–Trinajstić information content (AvgIpc) is 3.07. The maximum Gasteiger partial charge on any atom is 0.231 e. The Morgan fingerprint density at radius 1 is 1.06 bits per heavy atom. The Kier molecular flexibility index (Phi) is 5.34. The van der Waals surface area contributed by atoms with E-state index in [0.717, 1.165) is 38.0 Å². The number of nitrogens with one attached hydrogen (secondary N) is 1. The number of anilines is 1. The fraction of sp³-hybridized carbons (Fsp3) is 0.407. The first-order chi connectivity index (χ1) is 15.8. The van der Waals surface area contributed by atoms with Gasteiger partial charge in [0.25, 0.3) is 0 Å². The molecule has 0 bridgehead atoms. The van der Waals surface area contributed by atoms with E-state index in [2.05, 4.69) is 5.32 Å². The third-order valence-corrected chi connectivity index (χ3v) is 7.04. The lowest BCUT2D eigenvalue weighted by Gasteiger charge is -2.30. The van der Waals surface area contributed by atoms with Crippen LogP contribution in [-0.2, 0) is 6.42 Å². The van der Waals surface area contributed by atoms with Crippen LogP contribution in [0.2, 0.25) is 0 Å². The van der Waals surface area contributed by atoms with Crippen molar-refractivity contribution in [1.29, 1.82) is 0 Å². The molecular weight excluding hydrogens is 422 g/mol. The van der Waals surface area contributed by atoms with Gasteiger partial charge in [0.1, 0.15) is 11.6 Å². The van der Waals surface area contributed by atoms with Gasteiger partial charge in [-0.05, 0) is 48.4 Å². The summed E-state index contributed by atoms with van der Waals surface area (Å²) < 4.78 is 30.8. The zero-order valence-electron chi connectivity index (χ0n) is 19.0. The maximum atomic E-state index is 15.2. The molecule has 2 heterocycles. The van der Waals surface area contributed by atoms with Crippen LogP contribution in [-0.4, -0.2) is 22.8 Å². The van der Waals surface area contributed by atoms with E-state index in [9.17, 15) is 14.0 Å². The summed E-state index contributed by atoms with van der Waals surface area (Å²) in [5.74, 6) is -1.55. The summed E-state index contributed by atoms with van der Waals surface area (Å²) in [6.07, 6.45) is 7.31. The summed E-state index contributed by atoms with van der Waals surface area (Å²) in [6.45, 7) is 4.02. The molecule has 0 spiro atoms. The summed E-state index contributed by atoms with van der Waals surface area (Å²) in [5.41, 5.74) is 3.24. The standard InChI is InChI=1S/C27H28F2N2O2/c1-27(2)13-23-25(26-20(29)11-18(28)12-22(26)31(23)24(33)14-27)16-8-9-17(15-32)21(10-16)30-19-6-4-3-5-7-19/h8-12,15,19,30H,3-7,13-14H2,1-2H3. The highest BCUT2D eigenvalue weighted by Crippen LogP contribution is 2.44. The van der Waals surface area contributed by atoms with Crippen LogP contribution in [0.4, 0.5) is 14.5 Å². The smallest absolute Gasteiger partial charge is 0.231 e. The lowest BCUT2D eigenvalue weighted by atomic mass is 9.80. The molecule has 5 rings (SSSR count). The van der Waals surface area contributed by atoms with Crippen LogP contribution in [0.3, 0.4) is 0 Å². The van der Waals surface area contributed by atoms with Crippen molar-refractivity contribution in [2.24, 2.45) is 5.41 Å². The summed E-state index contributed by atoms with van der Waals surface area (Å²) in [4.78, 5) is 24.8. The monoisotopic (exact) mass is 450 g/mol. The minimum Gasteiger partial charge on any atom is -0.382 e. The number of hydrogen-bond acceptors (Lipinski definition) is 3. The molecule has 4 nitrogen and oxygen atoms in total. The van der Waals surface area contributed by atoms with Gasteiger partial charge in [0.2, 0.25) is 5.91 Å². The normalized spacial score (nSPS) is 18.4. The molecule has 0 unspecified atom stereocenters. The minimum absolute atomic E-state index is 0.160. The van der Waals surface area contributed by atoms with Crippen molar-refractivity contribution in [3.63, 3.8) is 0 Å². The zero-order valence-corrected chi connectivity index (χ0v) is 19.0. The molecule has 172 valence electrons. The van der Waals surface area contributed by atoms with Crippen LogP contribution in [0, 0.1) is 17.0 Å². The van der Waals surface area contributed by atoms with E-state index in [0.29, 0.717) is 47.0 Å². The Bertz CT molecular complexity index is 1270. The molecule has 0 radical (unpaired) electrons. The van der Waals surface area contributed by atoms with Crippen LogP contribution in [0.1, 0.15) is 73.2 Å². The highest BCUT2D eigenvalue weighted by Gasteiger charge is 2.36. The Morgan fingerprint density at radius 2 is 1.82 bits per heavy atom. The molecule has 6 heteroatoms. The SMILES string of the molecule is CC1(C)CC(=O)n2c(c(-c3ccc(C=O)c(NC4CCCCC4)c3)c3c(F)cc(F)cc32)C1. The fourth-order valence-electron chi connectivity index (χ4n) is 5.56.